The van der Waals surface area contributed by atoms with Gasteiger partial charge in [0.2, 0.25) is 0 Å². The van der Waals surface area contributed by atoms with Crippen LogP contribution in [0.5, 0.6) is 0 Å². The summed E-state index contributed by atoms with van der Waals surface area (Å²) in [5, 5.41) is 3.24. The normalized spacial score (nSPS) is 14.2. The lowest BCUT2D eigenvalue weighted by Crippen LogP contribution is -2.23. The molecule has 0 bridgehead atoms. The van der Waals surface area contributed by atoms with E-state index in [9.17, 15) is 0 Å². The van der Waals surface area contributed by atoms with E-state index in [1.807, 2.05) is 7.05 Å². The second-order valence-electron chi connectivity index (χ2n) is 5.75. The maximum absolute atomic E-state index is 6.23. The minimum absolute atomic E-state index is 0.154. The maximum Gasteiger partial charge on any atom is 0.0952 e. The van der Waals surface area contributed by atoms with E-state index in [-0.39, 0.29) is 6.10 Å². The largest absolute Gasteiger partial charge is 0.369 e. The Balaban J connectivity index is 2.47. The second kappa shape index (κ2) is 9.95. The molecule has 1 N–H and O–H groups in total. The molecule has 1 rings (SSSR count). The number of unbranched alkanes of at least 4 members (excludes halogenated alkanes) is 3. The number of hydrogen-bond acceptors (Lipinski definition) is 2. The Morgan fingerprint density at radius 1 is 1.10 bits per heavy atom. The highest BCUT2D eigenvalue weighted by Crippen LogP contribution is 2.21. The number of ether oxygens (including phenoxy) is 1. The molecule has 0 spiro atoms. The van der Waals surface area contributed by atoms with Gasteiger partial charge in [-0.15, -0.1) is 0 Å². The topological polar surface area (TPSA) is 21.3 Å². The van der Waals surface area contributed by atoms with Crippen LogP contribution in [0.25, 0.3) is 0 Å². The summed E-state index contributed by atoms with van der Waals surface area (Å²) in [5.41, 5.74) is 2.56. The van der Waals surface area contributed by atoms with Crippen LogP contribution in [0.3, 0.4) is 0 Å². The monoisotopic (exact) mass is 277 g/mol. The van der Waals surface area contributed by atoms with E-state index < -0.39 is 0 Å². The molecule has 1 aromatic rings. The number of aryl methyl sites for hydroxylation is 1. The Kier molecular flexibility index (Phi) is 8.56. The summed E-state index contributed by atoms with van der Waals surface area (Å²) in [5.74, 6) is 0. The van der Waals surface area contributed by atoms with Crippen molar-refractivity contribution in [2.75, 3.05) is 13.6 Å². The fourth-order valence-electron chi connectivity index (χ4n) is 2.42. The minimum atomic E-state index is 0.154. The summed E-state index contributed by atoms with van der Waals surface area (Å²) in [7, 11) is 1.98. The summed E-state index contributed by atoms with van der Waals surface area (Å²) >= 11 is 0. The zero-order valence-electron chi connectivity index (χ0n) is 13.6. The van der Waals surface area contributed by atoms with Crippen molar-refractivity contribution in [1.82, 2.24) is 5.32 Å². The average Bonchev–Trinajstić information content (AvgIpc) is 2.44. The lowest BCUT2D eigenvalue weighted by molar-refractivity contribution is -0.00719. The van der Waals surface area contributed by atoms with Gasteiger partial charge < -0.3 is 10.1 Å². The molecular weight excluding hydrogens is 246 g/mol. The molecule has 0 aromatic heterocycles. The molecule has 0 saturated carbocycles. The van der Waals surface area contributed by atoms with E-state index in [4.69, 9.17) is 4.74 Å². The smallest absolute Gasteiger partial charge is 0.0952 e. The summed E-state index contributed by atoms with van der Waals surface area (Å²) in [6, 6.07) is 8.68. The van der Waals surface area contributed by atoms with Gasteiger partial charge in [-0.3, -0.25) is 0 Å². The molecule has 0 heterocycles. The Labute approximate surface area is 124 Å². The van der Waals surface area contributed by atoms with Crippen LogP contribution in [-0.4, -0.2) is 19.7 Å². The molecule has 0 amide bonds. The number of likely N-dealkylation sites (N-methyl/N-ethyl adjacent to an activating group) is 1. The molecule has 0 saturated heterocycles. The number of rotatable bonds is 10. The maximum atomic E-state index is 6.23. The van der Waals surface area contributed by atoms with Gasteiger partial charge in [-0.1, -0.05) is 62.4 Å². The standard InChI is InChI=1S/C18H31NO/c1-5-6-7-8-9-16(3)20-18(14-19-4)17-12-10-15(2)11-13-17/h10-13,16,18-19H,5-9,14H2,1-4H3. The first-order valence-electron chi connectivity index (χ1n) is 8.04. The van der Waals surface area contributed by atoms with Gasteiger partial charge in [0.1, 0.15) is 0 Å². The van der Waals surface area contributed by atoms with Crippen LogP contribution >= 0.6 is 0 Å². The van der Waals surface area contributed by atoms with Crippen molar-refractivity contribution in [2.45, 2.75) is 65.1 Å². The SMILES string of the molecule is CCCCCCC(C)OC(CNC)c1ccc(C)cc1. The lowest BCUT2D eigenvalue weighted by Gasteiger charge is -2.23. The highest BCUT2D eigenvalue weighted by Gasteiger charge is 2.14. The second-order valence-corrected chi connectivity index (χ2v) is 5.75. The van der Waals surface area contributed by atoms with Gasteiger partial charge in [-0.05, 0) is 32.9 Å². The molecular formula is C18H31NO. The van der Waals surface area contributed by atoms with Gasteiger partial charge in [-0.2, -0.15) is 0 Å². The van der Waals surface area contributed by atoms with Crippen LogP contribution in [-0.2, 0) is 4.74 Å². The van der Waals surface area contributed by atoms with E-state index in [0.717, 1.165) is 13.0 Å². The first-order valence-corrected chi connectivity index (χ1v) is 8.04. The molecule has 0 radical (unpaired) electrons. The van der Waals surface area contributed by atoms with Gasteiger partial charge in [-0.25, -0.2) is 0 Å². The third-order valence-corrected chi connectivity index (χ3v) is 3.70. The van der Waals surface area contributed by atoms with Crippen molar-refractivity contribution < 1.29 is 4.74 Å². The van der Waals surface area contributed by atoms with Gasteiger partial charge >= 0.3 is 0 Å². The molecule has 0 aliphatic heterocycles. The zero-order valence-corrected chi connectivity index (χ0v) is 13.6. The Bertz CT molecular complexity index is 347. The lowest BCUT2D eigenvalue weighted by atomic mass is 10.1. The summed E-state index contributed by atoms with van der Waals surface area (Å²) in [6.45, 7) is 7.43. The number of nitrogens with one attached hydrogen (secondary N) is 1. The van der Waals surface area contributed by atoms with Crippen LogP contribution in [0.1, 0.15) is 63.2 Å². The summed E-state index contributed by atoms with van der Waals surface area (Å²) < 4.78 is 6.23. The number of benzene rings is 1. The van der Waals surface area contributed by atoms with E-state index in [1.165, 1.54) is 36.8 Å². The van der Waals surface area contributed by atoms with Gasteiger partial charge in [0.25, 0.3) is 0 Å². The predicted molar refractivity (Wildman–Crippen MR) is 87.2 cm³/mol. The predicted octanol–water partition coefficient (Wildman–Crippen LogP) is 4.63. The van der Waals surface area contributed by atoms with E-state index in [2.05, 4.69) is 50.4 Å². The average molecular weight is 277 g/mol. The van der Waals surface area contributed by atoms with Crippen molar-refractivity contribution >= 4 is 0 Å². The van der Waals surface area contributed by atoms with Crippen molar-refractivity contribution in [1.29, 1.82) is 0 Å². The van der Waals surface area contributed by atoms with Crippen LogP contribution < -0.4 is 5.32 Å². The van der Waals surface area contributed by atoms with Crippen molar-refractivity contribution in [3.63, 3.8) is 0 Å². The quantitative estimate of drug-likeness (QED) is 0.629. The van der Waals surface area contributed by atoms with Crippen molar-refractivity contribution in [3.05, 3.63) is 35.4 Å². The van der Waals surface area contributed by atoms with Crippen LogP contribution in [0.2, 0.25) is 0 Å². The van der Waals surface area contributed by atoms with Crippen LogP contribution in [0.15, 0.2) is 24.3 Å². The molecule has 20 heavy (non-hydrogen) atoms. The third kappa shape index (κ3) is 6.53. The fourth-order valence-corrected chi connectivity index (χ4v) is 2.42. The number of hydrogen-bond donors (Lipinski definition) is 1. The molecule has 2 atom stereocenters. The third-order valence-electron chi connectivity index (χ3n) is 3.70. The minimum Gasteiger partial charge on any atom is -0.369 e. The Morgan fingerprint density at radius 3 is 2.40 bits per heavy atom. The van der Waals surface area contributed by atoms with Crippen molar-refractivity contribution in [3.8, 4) is 0 Å². The first kappa shape index (κ1) is 17.2. The molecule has 0 fully saturated rings. The van der Waals surface area contributed by atoms with Crippen molar-refractivity contribution in [2.24, 2.45) is 0 Å². The molecule has 0 aliphatic rings. The van der Waals surface area contributed by atoms with Gasteiger partial charge in [0.15, 0.2) is 0 Å². The van der Waals surface area contributed by atoms with E-state index in [0.29, 0.717) is 6.10 Å². The Hall–Kier alpha value is -0.860. The van der Waals surface area contributed by atoms with Gasteiger partial charge in [0.05, 0.1) is 12.2 Å². The highest BCUT2D eigenvalue weighted by molar-refractivity contribution is 5.23. The molecule has 1 aromatic carbocycles. The molecule has 0 aliphatic carbocycles. The van der Waals surface area contributed by atoms with Crippen LogP contribution in [0.4, 0.5) is 0 Å². The fraction of sp³-hybridized carbons (Fsp3) is 0.667. The molecule has 2 nitrogen and oxygen atoms in total. The molecule has 2 unspecified atom stereocenters. The zero-order chi connectivity index (χ0) is 14.8. The molecule has 2 heteroatoms. The Morgan fingerprint density at radius 2 is 1.80 bits per heavy atom. The molecule has 114 valence electrons. The first-order chi connectivity index (χ1) is 9.67. The van der Waals surface area contributed by atoms with E-state index in [1.54, 1.807) is 0 Å². The van der Waals surface area contributed by atoms with E-state index >= 15 is 0 Å². The van der Waals surface area contributed by atoms with Gasteiger partial charge in [0, 0.05) is 6.54 Å². The summed E-state index contributed by atoms with van der Waals surface area (Å²) in [4.78, 5) is 0. The summed E-state index contributed by atoms with van der Waals surface area (Å²) in [6.07, 6.45) is 6.87. The van der Waals surface area contributed by atoms with Crippen LogP contribution in [0, 0.1) is 6.92 Å². The highest BCUT2D eigenvalue weighted by atomic mass is 16.5.